The molecule has 4 N–H and O–H groups in total. The number of hydrogen-bond acceptors (Lipinski definition) is 3. The first-order valence-electron chi connectivity index (χ1n) is 5.99. The van der Waals surface area contributed by atoms with Crippen LogP contribution in [0.2, 0.25) is 0 Å². The molecule has 0 aromatic heterocycles. The summed E-state index contributed by atoms with van der Waals surface area (Å²) in [6.07, 6.45) is 0. The fourth-order valence-electron chi connectivity index (χ4n) is 1.89. The molecule has 3 nitrogen and oxygen atoms in total. The topological polar surface area (TPSA) is 58.3 Å². The average Bonchev–Trinajstić information content (AvgIpc) is 2.41. The Labute approximate surface area is 107 Å². The number of aliphatic hydroxyl groups is 1. The van der Waals surface area contributed by atoms with E-state index in [0.717, 1.165) is 22.5 Å². The first-order valence-corrected chi connectivity index (χ1v) is 5.99. The van der Waals surface area contributed by atoms with Crippen molar-refractivity contribution in [2.75, 3.05) is 17.7 Å². The van der Waals surface area contributed by atoms with E-state index in [9.17, 15) is 5.11 Å². The van der Waals surface area contributed by atoms with Crippen molar-refractivity contribution in [1.29, 1.82) is 0 Å². The molecular formula is C15H18N2O. The first kappa shape index (κ1) is 12.5. The Morgan fingerprint density at radius 1 is 1.17 bits per heavy atom. The number of nitrogens with one attached hydrogen (secondary N) is 1. The Balaban J connectivity index is 2.18. The molecule has 2 rings (SSSR count). The van der Waals surface area contributed by atoms with Gasteiger partial charge in [-0.1, -0.05) is 30.3 Å². The summed E-state index contributed by atoms with van der Waals surface area (Å²) in [5.74, 6) is 0. The fourth-order valence-corrected chi connectivity index (χ4v) is 1.89. The lowest BCUT2D eigenvalue weighted by atomic mass is 10.1. The molecular weight excluding hydrogens is 224 g/mol. The van der Waals surface area contributed by atoms with E-state index in [2.05, 4.69) is 5.32 Å². The summed E-state index contributed by atoms with van der Waals surface area (Å²) in [4.78, 5) is 0. The zero-order chi connectivity index (χ0) is 13.0. The van der Waals surface area contributed by atoms with Gasteiger partial charge in [-0.2, -0.15) is 0 Å². The van der Waals surface area contributed by atoms with Crippen molar-refractivity contribution in [2.24, 2.45) is 0 Å². The molecule has 1 atom stereocenters. The normalized spacial score (nSPS) is 12.1. The molecule has 2 aromatic carbocycles. The third-order valence-electron chi connectivity index (χ3n) is 3.00. The third kappa shape index (κ3) is 2.81. The minimum Gasteiger partial charge on any atom is -0.399 e. The maximum absolute atomic E-state index is 9.48. The number of aryl methyl sites for hydroxylation is 1. The highest BCUT2D eigenvalue weighted by molar-refractivity contribution is 5.57. The van der Waals surface area contributed by atoms with Gasteiger partial charge in [0.15, 0.2) is 0 Å². The van der Waals surface area contributed by atoms with Crippen LogP contribution in [0.1, 0.15) is 17.2 Å². The number of aliphatic hydroxyl groups excluding tert-OH is 1. The van der Waals surface area contributed by atoms with Crippen LogP contribution in [0.25, 0.3) is 0 Å². The van der Waals surface area contributed by atoms with Crippen molar-refractivity contribution in [2.45, 2.75) is 13.0 Å². The minimum absolute atomic E-state index is 0.0490. The Morgan fingerprint density at radius 3 is 2.50 bits per heavy atom. The smallest absolute Gasteiger partial charge is 0.0745 e. The molecule has 94 valence electrons. The molecule has 3 heteroatoms. The molecule has 0 saturated heterocycles. The standard InChI is InChI=1S/C15H18N2O/c1-11-9-13(7-8-14(11)16)17-15(10-18)12-5-3-2-4-6-12/h2-9,15,17-18H,10,16H2,1H3. The van der Waals surface area contributed by atoms with E-state index in [4.69, 9.17) is 5.73 Å². The molecule has 0 heterocycles. The highest BCUT2D eigenvalue weighted by atomic mass is 16.3. The van der Waals surface area contributed by atoms with Crippen molar-refractivity contribution >= 4 is 11.4 Å². The molecule has 0 fully saturated rings. The zero-order valence-electron chi connectivity index (χ0n) is 10.4. The molecule has 0 aliphatic rings. The molecule has 0 aliphatic carbocycles. The van der Waals surface area contributed by atoms with Crippen LogP contribution in [0.15, 0.2) is 48.5 Å². The summed E-state index contributed by atoms with van der Waals surface area (Å²) >= 11 is 0. The van der Waals surface area contributed by atoms with Crippen LogP contribution in [-0.2, 0) is 0 Å². The van der Waals surface area contributed by atoms with E-state index in [1.165, 1.54) is 0 Å². The van der Waals surface area contributed by atoms with Crippen LogP contribution >= 0.6 is 0 Å². The van der Waals surface area contributed by atoms with Crippen LogP contribution in [0.3, 0.4) is 0 Å². The van der Waals surface area contributed by atoms with Crippen molar-refractivity contribution in [1.82, 2.24) is 0 Å². The van der Waals surface area contributed by atoms with E-state index in [-0.39, 0.29) is 12.6 Å². The van der Waals surface area contributed by atoms with E-state index >= 15 is 0 Å². The summed E-state index contributed by atoms with van der Waals surface area (Å²) < 4.78 is 0. The van der Waals surface area contributed by atoms with Gasteiger partial charge in [0.05, 0.1) is 12.6 Å². The molecule has 0 radical (unpaired) electrons. The number of hydrogen-bond donors (Lipinski definition) is 3. The molecule has 0 spiro atoms. The lowest BCUT2D eigenvalue weighted by Gasteiger charge is -2.18. The highest BCUT2D eigenvalue weighted by Gasteiger charge is 2.09. The summed E-state index contributed by atoms with van der Waals surface area (Å²) in [6.45, 7) is 2.02. The number of benzene rings is 2. The second-order valence-electron chi connectivity index (χ2n) is 4.36. The predicted molar refractivity (Wildman–Crippen MR) is 75.5 cm³/mol. The molecule has 0 amide bonds. The summed E-state index contributed by atoms with van der Waals surface area (Å²) in [6, 6.07) is 15.6. The van der Waals surface area contributed by atoms with Crippen LogP contribution in [0.5, 0.6) is 0 Å². The number of rotatable bonds is 4. The molecule has 18 heavy (non-hydrogen) atoms. The fraction of sp³-hybridized carbons (Fsp3) is 0.200. The minimum atomic E-state index is -0.103. The number of nitrogens with two attached hydrogens (primary N) is 1. The highest BCUT2D eigenvalue weighted by Crippen LogP contribution is 2.22. The number of anilines is 2. The zero-order valence-corrected chi connectivity index (χ0v) is 10.4. The van der Waals surface area contributed by atoms with Gasteiger partial charge < -0.3 is 16.2 Å². The monoisotopic (exact) mass is 242 g/mol. The van der Waals surface area contributed by atoms with E-state index in [1.807, 2.05) is 55.5 Å². The maximum Gasteiger partial charge on any atom is 0.0745 e. The Kier molecular flexibility index (Phi) is 3.85. The van der Waals surface area contributed by atoms with Gasteiger partial charge in [-0.3, -0.25) is 0 Å². The summed E-state index contributed by atoms with van der Waals surface area (Å²) in [7, 11) is 0. The Bertz CT molecular complexity index is 511. The van der Waals surface area contributed by atoms with Gasteiger partial charge in [0, 0.05) is 11.4 Å². The second-order valence-corrected chi connectivity index (χ2v) is 4.36. The Morgan fingerprint density at radius 2 is 1.89 bits per heavy atom. The molecule has 0 aliphatic heterocycles. The quantitative estimate of drug-likeness (QED) is 0.722. The maximum atomic E-state index is 9.48. The predicted octanol–water partition coefficient (Wildman–Crippen LogP) is 2.72. The molecule has 2 aromatic rings. The van der Waals surface area contributed by atoms with Gasteiger partial charge in [-0.25, -0.2) is 0 Å². The lowest BCUT2D eigenvalue weighted by molar-refractivity contribution is 0.276. The van der Waals surface area contributed by atoms with Gasteiger partial charge in [0.2, 0.25) is 0 Å². The van der Waals surface area contributed by atoms with E-state index in [1.54, 1.807) is 0 Å². The van der Waals surface area contributed by atoms with Crippen LogP contribution in [0, 0.1) is 6.92 Å². The van der Waals surface area contributed by atoms with Gasteiger partial charge >= 0.3 is 0 Å². The third-order valence-corrected chi connectivity index (χ3v) is 3.00. The van der Waals surface area contributed by atoms with E-state index in [0.29, 0.717) is 0 Å². The molecule has 1 unspecified atom stereocenters. The lowest BCUT2D eigenvalue weighted by Crippen LogP contribution is -2.14. The van der Waals surface area contributed by atoms with Gasteiger partial charge in [0.25, 0.3) is 0 Å². The SMILES string of the molecule is Cc1cc(NC(CO)c2ccccc2)ccc1N. The average molecular weight is 242 g/mol. The largest absolute Gasteiger partial charge is 0.399 e. The summed E-state index contributed by atoms with van der Waals surface area (Å²) in [5.41, 5.74) is 9.62. The van der Waals surface area contributed by atoms with Crippen molar-refractivity contribution in [3.8, 4) is 0 Å². The van der Waals surface area contributed by atoms with Crippen LogP contribution in [0.4, 0.5) is 11.4 Å². The van der Waals surface area contributed by atoms with Crippen molar-refractivity contribution in [3.63, 3.8) is 0 Å². The van der Waals surface area contributed by atoms with Crippen molar-refractivity contribution in [3.05, 3.63) is 59.7 Å². The van der Waals surface area contributed by atoms with Gasteiger partial charge in [-0.15, -0.1) is 0 Å². The number of nitrogen functional groups attached to an aromatic ring is 1. The van der Waals surface area contributed by atoms with Crippen LogP contribution in [-0.4, -0.2) is 11.7 Å². The molecule has 0 saturated carbocycles. The van der Waals surface area contributed by atoms with Crippen molar-refractivity contribution < 1.29 is 5.11 Å². The first-order chi connectivity index (χ1) is 8.70. The van der Waals surface area contributed by atoms with Crippen LogP contribution < -0.4 is 11.1 Å². The summed E-state index contributed by atoms with van der Waals surface area (Å²) in [5, 5.41) is 12.8. The van der Waals surface area contributed by atoms with E-state index < -0.39 is 0 Å². The van der Waals surface area contributed by atoms with Gasteiger partial charge in [0.1, 0.15) is 0 Å². The second kappa shape index (κ2) is 5.56. The van der Waals surface area contributed by atoms with Gasteiger partial charge in [-0.05, 0) is 36.2 Å². The molecule has 0 bridgehead atoms. The Hall–Kier alpha value is -2.00.